The molecule has 1 unspecified atom stereocenters. The zero-order valence-corrected chi connectivity index (χ0v) is 8.69. The van der Waals surface area contributed by atoms with Crippen molar-refractivity contribution in [3.8, 4) is 0 Å². The van der Waals surface area contributed by atoms with Gasteiger partial charge in [-0.1, -0.05) is 0 Å². The normalized spacial score (nSPS) is 14.0. The van der Waals surface area contributed by atoms with E-state index in [1.165, 1.54) is 6.33 Å². The van der Waals surface area contributed by atoms with Gasteiger partial charge in [0.2, 0.25) is 0 Å². The minimum absolute atomic E-state index is 0.131. The highest BCUT2D eigenvalue weighted by Gasteiger charge is 2.30. The van der Waals surface area contributed by atoms with Crippen LogP contribution in [0.5, 0.6) is 0 Å². The van der Waals surface area contributed by atoms with Crippen LogP contribution in [0.2, 0.25) is 0 Å². The average Bonchev–Trinajstić information content (AvgIpc) is 2.20. The van der Waals surface area contributed by atoms with Crippen molar-refractivity contribution in [1.29, 1.82) is 0 Å². The Kier molecular flexibility index (Phi) is 3.51. The van der Waals surface area contributed by atoms with Crippen molar-refractivity contribution in [2.24, 2.45) is 5.84 Å². The fourth-order valence-corrected chi connectivity index (χ4v) is 1.28. The number of hydrogen-bond donors (Lipinski definition) is 2. The monoisotopic (exact) mass is 196 g/mol. The predicted octanol–water partition coefficient (Wildman–Crippen LogP) is 0.406. The summed E-state index contributed by atoms with van der Waals surface area (Å²) in [6.07, 6.45) is 4.92. The van der Waals surface area contributed by atoms with Crippen molar-refractivity contribution in [1.82, 2.24) is 15.4 Å². The van der Waals surface area contributed by atoms with E-state index in [2.05, 4.69) is 15.4 Å². The zero-order valence-electron chi connectivity index (χ0n) is 8.69. The molecule has 0 amide bonds. The minimum Gasteiger partial charge on any atom is -0.377 e. The fraction of sp³-hybridized carbons (Fsp3) is 0.556. The van der Waals surface area contributed by atoms with E-state index in [9.17, 15) is 0 Å². The molecule has 5 nitrogen and oxygen atoms in total. The van der Waals surface area contributed by atoms with Crippen molar-refractivity contribution < 1.29 is 4.74 Å². The van der Waals surface area contributed by atoms with Crippen LogP contribution in [0.4, 0.5) is 0 Å². The summed E-state index contributed by atoms with van der Waals surface area (Å²) < 4.78 is 5.35. The first kappa shape index (κ1) is 11.0. The molecule has 14 heavy (non-hydrogen) atoms. The Morgan fingerprint density at radius 1 is 1.43 bits per heavy atom. The van der Waals surface area contributed by atoms with E-state index in [4.69, 9.17) is 10.6 Å². The summed E-state index contributed by atoms with van der Waals surface area (Å²) in [7, 11) is 1.65. The minimum atomic E-state index is -0.403. The maximum absolute atomic E-state index is 5.48. The first-order valence-corrected chi connectivity index (χ1v) is 4.38. The SMILES string of the molecule is COC(C)(C)C(NN)c1cncnc1. The molecule has 0 saturated heterocycles. The van der Waals surface area contributed by atoms with E-state index >= 15 is 0 Å². The fourth-order valence-electron chi connectivity index (χ4n) is 1.28. The quantitative estimate of drug-likeness (QED) is 0.539. The number of hydrogen-bond acceptors (Lipinski definition) is 5. The number of ether oxygens (including phenoxy) is 1. The summed E-state index contributed by atoms with van der Waals surface area (Å²) in [5, 5.41) is 0. The third-order valence-corrected chi connectivity index (χ3v) is 2.30. The topological polar surface area (TPSA) is 73.1 Å². The third-order valence-electron chi connectivity index (χ3n) is 2.30. The Morgan fingerprint density at radius 3 is 2.43 bits per heavy atom. The van der Waals surface area contributed by atoms with Crippen molar-refractivity contribution in [3.05, 3.63) is 24.3 Å². The second-order valence-corrected chi connectivity index (χ2v) is 3.58. The molecule has 5 heteroatoms. The molecule has 0 aliphatic carbocycles. The van der Waals surface area contributed by atoms with E-state index in [0.717, 1.165) is 5.56 Å². The largest absolute Gasteiger partial charge is 0.377 e. The number of aromatic nitrogens is 2. The molecule has 0 spiro atoms. The van der Waals surface area contributed by atoms with Crippen LogP contribution in [0.3, 0.4) is 0 Å². The number of rotatable bonds is 4. The van der Waals surface area contributed by atoms with Gasteiger partial charge in [0.05, 0.1) is 11.6 Å². The second kappa shape index (κ2) is 4.45. The van der Waals surface area contributed by atoms with Gasteiger partial charge in [0.1, 0.15) is 6.33 Å². The smallest absolute Gasteiger partial charge is 0.115 e. The Balaban J connectivity index is 2.93. The van der Waals surface area contributed by atoms with Crippen LogP contribution in [0.1, 0.15) is 25.5 Å². The molecule has 0 radical (unpaired) electrons. The van der Waals surface area contributed by atoms with Gasteiger partial charge in [0, 0.05) is 25.1 Å². The molecule has 1 aromatic heterocycles. The van der Waals surface area contributed by atoms with Gasteiger partial charge in [-0.3, -0.25) is 5.84 Å². The Bertz CT molecular complexity index is 275. The van der Waals surface area contributed by atoms with Crippen LogP contribution in [0, 0.1) is 0 Å². The maximum Gasteiger partial charge on any atom is 0.115 e. The molecule has 0 fully saturated rings. The van der Waals surface area contributed by atoms with Crippen LogP contribution >= 0.6 is 0 Å². The van der Waals surface area contributed by atoms with Crippen molar-refractivity contribution in [2.45, 2.75) is 25.5 Å². The van der Waals surface area contributed by atoms with Gasteiger partial charge in [0.15, 0.2) is 0 Å². The molecule has 1 aromatic rings. The number of nitrogens with one attached hydrogen (secondary N) is 1. The van der Waals surface area contributed by atoms with Crippen LogP contribution in [-0.2, 0) is 4.74 Å². The van der Waals surface area contributed by atoms with Gasteiger partial charge in [0.25, 0.3) is 0 Å². The Morgan fingerprint density at radius 2 is 2.00 bits per heavy atom. The molecular weight excluding hydrogens is 180 g/mol. The lowest BCUT2D eigenvalue weighted by molar-refractivity contribution is -0.0113. The van der Waals surface area contributed by atoms with Gasteiger partial charge in [-0.05, 0) is 13.8 Å². The molecule has 0 aliphatic rings. The Hall–Kier alpha value is -1.04. The molecule has 78 valence electrons. The molecule has 1 atom stereocenters. The zero-order chi connectivity index (χ0) is 10.6. The molecule has 1 heterocycles. The van der Waals surface area contributed by atoms with Crippen LogP contribution < -0.4 is 11.3 Å². The highest BCUT2D eigenvalue weighted by Crippen LogP contribution is 2.26. The lowest BCUT2D eigenvalue weighted by Crippen LogP contribution is -2.44. The van der Waals surface area contributed by atoms with Crippen molar-refractivity contribution in [3.63, 3.8) is 0 Å². The maximum atomic E-state index is 5.48. The molecule has 0 aliphatic heterocycles. The summed E-state index contributed by atoms with van der Waals surface area (Å²) >= 11 is 0. The molecule has 0 aromatic carbocycles. The average molecular weight is 196 g/mol. The lowest BCUT2D eigenvalue weighted by atomic mass is 9.94. The highest BCUT2D eigenvalue weighted by atomic mass is 16.5. The summed E-state index contributed by atoms with van der Waals surface area (Å²) in [4.78, 5) is 7.88. The van der Waals surface area contributed by atoms with E-state index in [1.54, 1.807) is 19.5 Å². The van der Waals surface area contributed by atoms with E-state index in [-0.39, 0.29) is 6.04 Å². The van der Waals surface area contributed by atoms with Crippen LogP contribution in [0.15, 0.2) is 18.7 Å². The van der Waals surface area contributed by atoms with Gasteiger partial charge in [-0.2, -0.15) is 0 Å². The van der Waals surface area contributed by atoms with Crippen LogP contribution in [-0.4, -0.2) is 22.7 Å². The summed E-state index contributed by atoms with van der Waals surface area (Å²) in [5.41, 5.74) is 3.21. The predicted molar refractivity (Wildman–Crippen MR) is 53.2 cm³/mol. The van der Waals surface area contributed by atoms with Crippen LogP contribution in [0.25, 0.3) is 0 Å². The third kappa shape index (κ3) is 2.25. The summed E-state index contributed by atoms with van der Waals surface area (Å²) in [5.74, 6) is 5.48. The second-order valence-electron chi connectivity index (χ2n) is 3.58. The molecule has 3 N–H and O–H groups in total. The summed E-state index contributed by atoms with van der Waals surface area (Å²) in [6.45, 7) is 3.90. The highest BCUT2D eigenvalue weighted by molar-refractivity contribution is 5.13. The number of methoxy groups -OCH3 is 1. The van der Waals surface area contributed by atoms with Gasteiger partial charge in [-0.15, -0.1) is 0 Å². The number of nitrogens with zero attached hydrogens (tertiary/aromatic N) is 2. The molecule has 0 saturated carbocycles. The first-order valence-electron chi connectivity index (χ1n) is 4.38. The lowest BCUT2D eigenvalue weighted by Gasteiger charge is -2.32. The molecular formula is C9H16N4O. The van der Waals surface area contributed by atoms with Gasteiger partial charge < -0.3 is 4.74 Å². The Labute approximate surface area is 83.7 Å². The first-order chi connectivity index (χ1) is 6.61. The molecule has 0 bridgehead atoms. The van der Waals surface area contributed by atoms with Crippen molar-refractivity contribution in [2.75, 3.05) is 7.11 Å². The standard InChI is InChI=1S/C9H16N4O/c1-9(2,14-3)8(13-10)7-4-11-6-12-5-7/h4-6,8,13H,10H2,1-3H3. The van der Waals surface area contributed by atoms with Crippen molar-refractivity contribution >= 4 is 0 Å². The van der Waals surface area contributed by atoms with E-state index in [1.807, 2.05) is 13.8 Å². The van der Waals surface area contributed by atoms with Gasteiger partial charge >= 0.3 is 0 Å². The van der Waals surface area contributed by atoms with E-state index in [0.29, 0.717) is 0 Å². The number of nitrogens with two attached hydrogens (primary N) is 1. The van der Waals surface area contributed by atoms with E-state index < -0.39 is 5.60 Å². The molecule has 1 rings (SSSR count). The summed E-state index contributed by atoms with van der Waals surface area (Å²) in [6, 6.07) is -0.131. The van der Waals surface area contributed by atoms with Gasteiger partial charge in [-0.25, -0.2) is 15.4 Å². The number of hydrazine groups is 1.